The highest BCUT2D eigenvalue weighted by Crippen LogP contribution is 2.28. The zero-order valence-electron chi connectivity index (χ0n) is 17.3. The van der Waals surface area contributed by atoms with Crippen LogP contribution in [-0.2, 0) is 9.47 Å². The lowest BCUT2D eigenvalue weighted by molar-refractivity contribution is 0.00571. The van der Waals surface area contributed by atoms with E-state index in [4.69, 9.17) is 9.47 Å². The minimum Gasteiger partial charge on any atom is -0.456 e. The Bertz CT molecular complexity index is 979. The first-order chi connectivity index (χ1) is 12.9. The SMILES string of the molecule is CC(C)(C)OC(=O)c1ccc2ccc3ccc(C(=O)OC(C)(C)C)cc3c2c1. The van der Waals surface area contributed by atoms with Crippen molar-refractivity contribution in [1.82, 2.24) is 0 Å². The number of carbonyl (C=O) groups is 2. The summed E-state index contributed by atoms with van der Waals surface area (Å²) >= 11 is 0. The molecule has 0 radical (unpaired) electrons. The molecule has 0 aliphatic carbocycles. The fourth-order valence-corrected chi connectivity index (χ4v) is 2.98. The Morgan fingerprint density at radius 3 is 1.25 bits per heavy atom. The van der Waals surface area contributed by atoms with Crippen molar-refractivity contribution >= 4 is 33.5 Å². The lowest BCUT2D eigenvalue weighted by atomic mass is 9.98. The summed E-state index contributed by atoms with van der Waals surface area (Å²) < 4.78 is 11.0. The molecular weight excluding hydrogens is 352 g/mol. The molecule has 3 aromatic carbocycles. The second-order valence-electron chi connectivity index (χ2n) is 8.94. The van der Waals surface area contributed by atoms with Crippen molar-refractivity contribution < 1.29 is 19.1 Å². The highest BCUT2D eigenvalue weighted by atomic mass is 16.6. The molecule has 3 aromatic rings. The van der Waals surface area contributed by atoms with Gasteiger partial charge in [-0.15, -0.1) is 0 Å². The van der Waals surface area contributed by atoms with Gasteiger partial charge in [-0.25, -0.2) is 9.59 Å². The van der Waals surface area contributed by atoms with Gasteiger partial charge in [0.05, 0.1) is 11.1 Å². The first kappa shape index (κ1) is 19.9. The zero-order chi connectivity index (χ0) is 20.7. The van der Waals surface area contributed by atoms with Gasteiger partial charge >= 0.3 is 11.9 Å². The van der Waals surface area contributed by atoms with Crippen molar-refractivity contribution in [2.24, 2.45) is 0 Å². The van der Waals surface area contributed by atoms with E-state index in [0.717, 1.165) is 21.5 Å². The third kappa shape index (κ3) is 4.50. The highest BCUT2D eigenvalue weighted by molar-refractivity contribution is 6.11. The standard InChI is InChI=1S/C24H26O4/c1-23(2,3)27-21(25)17-11-9-15-7-8-16-10-12-18(14-20(16)19(15)13-17)22(26)28-24(4,5)6/h7-14H,1-6H3. The van der Waals surface area contributed by atoms with Crippen LogP contribution in [0.2, 0.25) is 0 Å². The number of benzene rings is 3. The van der Waals surface area contributed by atoms with Crippen LogP contribution in [0.1, 0.15) is 62.3 Å². The van der Waals surface area contributed by atoms with Crippen molar-refractivity contribution in [3.05, 3.63) is 59.7 Å². The summed E-state index contributed by atoms with van der Waals surface area (Å²) in [5, 5.41) is 3.76. The molecule has 3 rings (SSSR count). The Morgan fingerprint density at radius 2 is 0.929 bits per heavy atom. The summed E-state index contributed by atoms with van der Waals surface area (Å²) in [5.41, 5.74) is -0.154. The molecule has 0 saturated carbocycles. The van der Waals surface area contributed by atoms with Gasteiger partial charge in [0.2, 0.25) is 0 Å². The monoisotopic (exact) mass is 378 g/mol. The molecule has 0 unspecified atom stereocenters. The summed E-state index contributed by atoms with van der Waals surface area (Å²) in [6.07, 6.45) is 0. The number of rotatable bonds is 2. The van der Waals surface area contributed by atoms with Crippen LogP contribution in [-0.4, -0.2) is 23.1 Å². The number of hydrogen-bond acceptors (Lipinski definition) is 4. The number of fused-ring (bicyclic) bond motifs is 3. The molecule has 0 aliphatic heterocycles. The summed E-state index contributed by atoms with van der Waals surface area (Å²) in [7, 11) is 0. The van der Waals surface area contributed by atoms with Gasteiger partial charge in [-0.1, -0.05) is 24.3 Å². The minimum absolute atomic E-state index is 0.366. The summed E-state index contributed by atoms with van der Waals surface area (Å²) in [6.45, 7) is 11.1. The van der Waals surface area contributed by atoms with Crippen LogP contribution < -0.4 is 0 Å². The normalized spacial score (nSPS) is 12.2. The molecule has 0 amide bonds. The third-order valence-electron chi connectivity index (χ3n) is 4.11. The third-order valence-corrected chi connectivity index (χ3v) is 4.11. The van der Waals surface area contributed by atoms with Crippen molar-refractivity contribution in [3.8, 4) is 0 Å². The molecule has 4 heteroatoms. The molecule has 0 bridgehead atoms. The average molecular weight is 378 g/mol. The topological polar surface area (TPSA) is 52.6 Å². The van der Waals surface area contributed by atoms with Crippen molar-refractivity contribution in [2.45, 2.75) is 52.7 Å². The first-order valence-electron chi connectivity index (χ1n) is 9.36. The van der Waals surface area contributed by atoms with E-state index in [1.165, 1.54) is 0 Å². The van der Waals surface area contributed by atoms with Crippen LogP contribution in [0.15, 0.2) is 48.5 Å². The maximum atomic E-state index is 12.5. The Hall–Kier alpha value is -2.88. The van der Waals surface area contributed by atoms with Gasteiger partial charge in [0.15, 0.2) is 0 Å². The summed E-state index contributed by atoms with van der Waals surface area (Å²) in [6, 6.07) is 15.0. The van der Waals surface area contributed by atoms with E-state index in [9.17, 15) is 9.59 Å². The van der Waals surface area contributed by atoms with Crippen molar-refractivity contribution in [3.63, 3.8) is 0 Å². The van der Waals surface area contributed by atoms with Crippen LogP contribution in [0.3, 0.4) is 0 Å². The molecule has 146 valence electrons. The Balaban J connectivity index is 2.10. The lowest BCUT2D eigenvalue weighted by Gasteiger charge is -2.20. The molecule has 0 fully saturated rings. The maximum absolute atomic E-state index is 12.5. The maximum Gasteiger partial charge on any atom is 0.338 e. The van der Waals surface area contributed by atoms with E-state index in [-0.39, 0.29) is 11.9 Å². The van der Waals surface area contributed by atoms with Crippen molar-refractivity contribution in [1.29, 1.82) is 0 Å². The van der Waals surface area contributed by atoms with Gasteiger partial charge < -0.3 is 9.47 Å². The Kier molecular flexibility index (Phi) is 4.92. The molecule has 0 aliphatic rings. The van der Waals surface area contributed by atoms with Crippen molar-refractivity contribution in [2.75, 3.05) is 0 Å². The van der Waals surface area contributed by atoms with E-state index in [1.807, 2.05) is 77.9 Å². The first-order valence-corrected chi connectivity index (χ1v) is 9.36. The molecule has 0 atom stereocenters. The van der Waals surface area contributed by atoms with Gasteiger partial charge in [-0.3, -0.25) is 0 Å². The summed E-state index contributed by atoms with van der Waals surface area (Å²) in [5.74, 6) is -0.732. The highest BCUT2D eigenvalue weighted by Gasteiger charge is 2.20. The Labute approximate surface area is 165 Å². The number of ether oxygens (including phenoxy) is 2. The second kappa shape index (κ2) is 6.93. The second-order valence-corrected chi connectivity index (χ2v) is 8.94. The van der Waals surface area contributed by atoms with Gasteiger partial charge in [-0.2, -0.15) is 0 Å². The summed E-state index contributed by atoms with van der Waals surface area (Å²) in [4.78, 5) is 25.0. The molecule has 0 aromatic heterocycles. The van der Waals surface area contributed by atoms with E-state index in [0.29, 0.717) is 11.1 Å². The van der Waals surface area contributed by atoms with E-state index in [2.05, 4.69) is 0 Å². The molecule has 0 spiro atoms. The van der Waals surface area contributed by atoms with Crippen LogP contribution in [0.5, 0.6) is 0 Å². The van der Waals surface area contributed by atoms with Crippen LogP contribution >= 0.6 is 0 Å². The fourth-order valence-electron chi connectivity index (χ4n) is 2.98. The van der Waals surface area contributed by atoms with Crippen LogP contribution in [0.4, 0.5) is 0 Å². The lowest BCUT2D eigenvalue weighted by Crippen LogP contribution is -2.24. The zero-order valence-corrected chi connectivity index (χ0v) is 17.3. The van der Waals surface area contributed by atoms with Gasteiger partial charge in [0.25, 0.3) is 0 Å². The minimum atomic E-state index is -0.561. The largest absolute Gasteiger partial charge is 0.456 e. The fraction of sp³-hybridized carbons (Fsp3) is 0.333. The smallest absolute Gasteiger partial charge is 0.338 e. The predicted octanol–water partition coefficient (Wildman–Crippen LogP) is 5.90. The molecule has 0 saturated heterocycles. The number of carbonyl (C=O) groups excluding carboxylic acids is 2. The number of hydrogen-bond donors (Lipinski definition) is 0. The average Bonchev–Trinajstić information content (AvgIpc) is 2.57. The van der Waals surface area contributed by atoms with E-state index < -0.39 is 11.2 Å². The number of esters is 2. The van der Waals surface area contributed by atoms with E-state index >= 15 is 0 Å². The molecule has 4 nitrogen and oxygen atoms in total. The molecule has 0 heterocycles. The van der Waals surface area contributed by atoms with E-state index in [1.54, 1.807) is 12.1 Å². The Morgan fingerprint density at radius 1 is 0.607 bits per heavy atom. The van der Waals surface area contributed by atoms with Gasteiger partial charge in [-0.05, 0) is 87.4 Å². The van der Waals surface area contributed by atoms with Crippen LogP contribution in [0.25, 0.3) is 21.5 Å². The molecule has 28 heavy (non-hydrogen) atoms. The quantitative estimate of drug-likeness (QED) is 0.411. The van der Waals surface area contributed by atoms with Gasteiger partial charge in [0, 0.05) is 0 Å². The molecule has 0 N–H and O–H groups in total. The van der Waals surface area contributed by atoms with Gasteiger partial charge in [0.1, 0.15) is 11.2 Å². The predicted molar refractivity (Wildman–Crippen MR) is 112 cm³/mol. The van der Waals surface area contributed by atoms with Crippen LogP contribution in [0, 0.1) is 0 Å². The molecular formula is C24H26O4.